The molecule has 1 aromatic heterocycles. The molecule has 4 aromatic rings. The van der Waals surface area contributed by atoms with Gasteiger partial charge in [-0.25, -0.2) is 10.2 Å². The van der Waals surface area contributed by atoms with Crippen molar-refractivity contribution in [3.05, 3.63) is 116 Å². The first-order chi connectivity index (χ1) is 19.3. The van der Waals surface area contributed by atoms with Crippen LogP contribution in [0.3, 0.4) is 0 Å². The Morgan fingerprint density at radius 1 is 1.00 bits per heavy atom. The van der Waals surface area contributed by atoms with E-state index in [9.17, 15) is 24.5 Å². The first kappa shape index (κ1) is 27.7. The monoisotopic (exact) mass is 560 g/mol. The van der Waals surface area contributed by atoms with E-state index >= 15 is 0 Å². The molecule has 1 heterocycles. The van der Waals surface area contributed by atoms with Gasteiger partial charge in [-0.15, -0.1) is 0 Å². The maximum absolute atomic E-state index is 12.8. The van der Waals surface area contributed by atoms with Gasteiger partial charge in [-0.1, -0.05) is 35.9 Å². The number of hydrazone groups is 1. The average Bonchev–Trinajstić information content (AvgIpc) is 3.42. The Hall–Kier alpha value is -5.29. The lowest BCUT2D eigenvalue weighted by molar-refractivity contribution is -0.384. The fraction of sp³-hybridized carbons (Fsp3) is 0.0714. The van der Waals surface area contributed by atoms with Gasteiger partial charge < -0.3 is 14.5 Å². The Kier molecular flexibility index (Phi) is 8.67. The largest absolute Gasteiger partial charge is 0.462 e. The number of nitrogens with zero attached hydrogens (tertiary/aromatic N) is 2. The molecule has 12 heteroatoms. The number of rotatable bonds is 9. The van der Waals surface area contributed by atoms with Gasteiger partial charge in [0.05, 0.1) is 45.1 Å². The first-order valence-corrected chi connectivity index (χ1v) is 12.2. The van der Waals surface area contributed by atoms with Crippen molar-refractivity contribution in [1.82, 2.24) is 5.43 Å². The number of nitro groups is 1. The molecule has 0 saturated heterocycles. The summed E-state index contributed by atoms with van der Waals surface area (Å²) >= 11 is 6.05. The molecule has 0 spiro atoms. The van der Waals surface area contributed by atoms with Gasteiger partial charge in [-0.05, 0) is 49.4 Å². The fourth-order valence-corrected chi connectivity index (χ4v) is 3.76. The predicted molar refractivity (Wildman–Crippen MR) is 148 cm³/mol. The van der Waals surface area contributed by atoms with E-state index in [0.29, 0.717) is 17.1 Å². The van der Waals surface area contributed by atoms with E-state index in [1.165, 1.54) is 30.5 Å². The fourth-order valence-electron chi connectivity index (χ4n) is 3.56. The molecule has 0 aliphatic rings. The number of anilines is 1. The zero-order chi connectivity index (χ0) is 28.6. The molecule has 11 nitrogen and oxygen atoms in total. The highest BCUT2D eigenvalue weighted by Gasteiger charge is 2.19. The molecule has 0 saturated carbocycles. The van der Waals surface area contributed by atoms with Gasteiger partial charge in [0.2, 0.25) is 0 Å². The number of nitrogens with one attached hydrogen (secondary N) is 2. The molecule has 0 aliphatic carbocycles. The van der Waals surface area contributed by atoms with Crippen LogP contribution in [0.25, 0.3) is 11.3 Å². The number of carbonyl (C=O) groups is 3. The van der Waals surface area contributed by atoms with Crippen LogP contribution in [0.15, 0.2) is 88.4 Å². The van der Waals surface area contributed by atoms with Crippen LogP contribution < -0.4 is 10.7 Å². The van der Waals surface area contributed by atoms with E-state index < -0.39 is 22.7 Å². The lowest BCUT2D eigenvalue weighted by Crippen LogP contribution is -2.21. The summed E-state index contributed by atoms with van der Waals surface area (Å²) in [7, 11) is 0. The molecule has 2 amide bonds. The summed E-state index contributed by atoms with van der Waals surface area (Å²) in [6, 6.07) is 19.7. The summed E-state index contributed by atoms with van der Waals surface area (Å²) in [5, 5.41) is 17.6. The minimum absolute atomic E-state index is 0.0161. The summed E-state index contributed by atoms with van der Waals surface area (Å²) in [6.45, 7) is 2.02. The van der Waals surface area contributed by atoms with E-state index in [-0.39, 0.29) is 34.1 Å². The normalized spacial score (nSPS) is 10.8. The molecule has 202 valence electrons. The number of hydrogen-bond donors (Lipinski definition) is 2. The smallest absolute Gasteiger partial charge is 0.338 e. The lowest BCUT2D eigenvalue weighted by Gasteiger charge is -2.10. The minimum atomic E-state index is -0.726. The number of non-ortho nitro benzene ring substituents is 1. The average molecular weight is 561 g/mol. The van der Waals surface area contributed by atoms with E-state index in [1.807, 2.05) is 0 Å². The molecule has 2 N–H and O–H groups in total. The standard InChI is InChI=1S/C28H21ClN4O7/c1-2-39-28(36)18-9-7-17(8-10-18)25-14-12-20(40-25)16-30-32-27(35)21-5-3-4-6-24(21)31-26(34)22-15-19(33(37)38)11-13-23(22)29/h3-16H,2H2,1H3,(H,31,34)(H,32,35)/b30-16-. The quantitative estimate of drug-likeness (QED) is 0.115. The van der Waals surface area contributed by atoms with Gasteiger partial charge in [0, 0.05) is 17.7 Å². The topological polar surface area (TPSA) is 153 Å². The molecule has 0 atom stereocenters. The number of furan rings is 1. The maximum Gasteiger partial charge on any atom is 0.338 e. The lowest BCUT2D eigenvalue weighted by atomic mass is 10.1. The summed E-state index contributed by atoms with van der Waals surface area (Å²) in [4.78, 5) is 47.8. The summed E-state index contributed by atoms with van der Waals surface area (Å²) < 4.78 is 10.7. The molecule has 40 heavy (non-hydrogen) atoms. The van der Waals surface area contributed by atoms with E-state index in [4.69, 9.17) is 20.8 Å². The molecule has 4 rings (SSSR count). The number of para-hydroxylation sites is 1. The van der Waals surface area contributed by atoms with Crippen LogP contribution in [0.4, 0.5) is 11.4 Å². The molecule has 3 aromatic carbocycles. The van der Waals surface area contributed by atoms with Crippen molar-refractivity contribution in [3.8, 4) is 11.3 Å². The third-order valence-electron chi connectivity index (χ3n) is 5.49. The number of carbonyl (C=O) groups excluding carboxylic acids is 3. The maximum atomic E-state index is 12.8. The molecule has 0 radical (unpaired) electrons. The molecule has 0 aliphatic heterocycles. The molecule has 0 unspecified atom stereocenters. The molecular weight excluding hydrogens is 540 g/mol. The van der Waals surface area contributed by atoms with E-state index in [2.05, 4.69) is 15.8 Å². The van der Waals surface area contributed by atoms with Crippen molar-refractivity contribution in [2.75, 3.05) is 11.9 Å². The second-order valence-electron chi connectivity index (χ2n) is 8.12. The second kappa shape index (κ2) is 12.5. The molecular formula is C28H21ClN4O7. The number of ether oxygens (including phenoxy) is 1. The Morgan fingerprint density at radius 3 is 2.48 bits per heavy atom. The number of amides is 2. The predicted octanol–water partition coefficient (Wildman–Crippen LogP) is 5.70. The number of halogens is 1. The molecule has 0 bridgehead atoms. The minimum Gasteiger partial charge on any atom is -0.462 e. The number of nitro benzene ring substituents is 1. The van der Waals surface area contributed by atoms with Crippen LogP contribution in [0.5, 0.6) is 0 Å². The number of esters is 1. The number of benzene rings is 3. The van der Waals surface area contributed by atoms with Crippen LogP contribution in [-0.4, -0.2) is 35.5 Å². The van der Waals surface area contributed by atoms with Gasteiger partial charge in [0.25, 0.3) is 17.5 Å². The van der Waals surface area contributed by atoms with Crippen LogP contribution in [0.2, 0.25) is 5.02 Å². The van der Waals surface area contributed by atoms with Crippen molar-refractivity contribution in [2.24, 2.45) is 5.10 Å². The van der Waals surface area contributed by atoms with Crippen molar-refractivity contribution < 1.29 is 28.5 Å². The van der Waals surface area contributed by atoms with Crippen LogP contribution in [0.1, 0.15) is 43.8 Å². The van der Waals surface area contributed by atoms with Gasteiger partial charge in [-0.3, -0.25) is 19.7 Å². The van der Waals surface area contributed by atoms with Gasteiger partial charge >= 0.3 is 5.97 Å². The van der Waals surface area contributed by atoms with Crippen molar-refractivity contribution >= 4 is 47.0 Å². The second-order valence-corrected chi connectivity index (χ2v) is 8.53. The highest BCUT2D eigenvalue weighted by atomic mass is 35.5. The van der Waals surface area contributed by atoms with Crippen LogP contribution in [-0.2, 0) is 4.74 Å². The summed E-state index contributed by atoms with van der Waals surface area (Å²) in [6.07, 6.45) is 1.30. The van der Waals surface area contributed by atoms with Crippen molar-refractivity contribution in [1.29, 1.82) is 0 Å². The first-order valence-electron chi connectivity index (χ1n) is 11.8. The van der Waals surface area contributed by atoms with Crippen molar-refractivity contribution in [3.63, 3.8) is 0 Å². The third kappa shape index (κ3) is 6.58. The van der Waals surface area contributed by atoms with Crippen LogP contribution >= 0.6 is 11.6 Å². The van der Waals surface area contributed by atoms with E-state index in [1.54, 1.807) is 55.5 Å². The summed E-state index contributed by atoms with van der Waals surface area (Å²) in [5.74, 6) is -0.886. The third-order valence-corrected chi connectivity index (χ3v) is 5.82. The highest BCUT2D eigenvalue weighted by Crippen LogP contribution is 2.25. The SMILES string of the molecule is CCOC(=O)c1ccc(-c2ccc(/C=N\NC(=O)c3ccccc3NC(=O)c3cc([N+](=O)[O-])ccc3Cl)o2)cc1. The Bertz CT molecular complexity index is 1610. The molecule has 0 fully saturated rings. The zero-order valence-electron chi connectivity index (χ0n) is 20.9. The highest BCUT2D eigenvalue weighted by molar-refractivity contribution is 6.34. The Labute approximate surface area is 232 Å². The van der Waals surface area contributed by atoms with Crippen molar-refractivity contribution in [2.45, 2.75) is 6.92 Å². The van der Waals surface area contributed by atoms with Gasteiger partial charge in [0.15, 0.2) is 0 Å². The summed E-state index contributed by atoms with van der Waals surface area (Å²) in [5.41, 5.74) is 3.34. The number of hydrogen-bond acceptors (Lipinski definition) is 8. The Morgan fingerprint density at radius 2 is 1.75 bits per heavy atom. The van der Waals surface area contributed by atoms with Gasteiger partial charge in [0.1, 0.15) is 11.5 Å². The van der Waals surface area contributed by atoms with Gasteiger partial charge in [-0.2, -0.15) is 5.10 Å². The zero-order valence-corrected chi connectivity index (χ0v) is 21.7. The van der Waals surface area contributed by atoms with E-state index in [0.717, 1.165) is 11.6 Å². The van der Waals surface area contributed by atoms with Crippen LogP contribution in [0, 0.1) is 10.1 Å². The Balaban J connectivity index is 1.42.